The molecule has 9 nitrogen and oxygen atoms in total. The number of phenols is 1. The SMILES string of the molecule is O=C1C2CC=C3C(CC4(Cl)C(=O)N(c5c(F)c(F)c(F)c(F)c5F)C(=O)C4(Cl)C3c3ccc(O)cc3)C2C(=O)N1c1cccc(B(O)O)c1. The predicted octanol–water partition coefficient (Wildman–Crippen LogP) is 3.54. The van der Waals surface area contributed by atoms with Gasteiger partial charge in [-0.2, -0.15) is 0 Å². The lowest BCUT2D eigenvalue weighted by molar-refractivity contribution is -0.125. The molecule has 3 aromatic carbocycles. The van der Waals surface area contributed by atoms with Crippen LogP contribution in [0, 0.1) is 46.8 Å². The summed E-state index contributed by atoms with van der Waals surface area (Å²) in [4.78, 5) is 51.5. The zero-order chi connectivity index (χ0) is 35.5. The van der Waals surface area contributed by atoms with Gasteiger partial charge in [-0.15, -0.1) is 23.2 Å². The van der Waals surface area contributed by atoms with Crippen molar-refractivity contribution >= 4 is 70.8 Å². The van der Waals surface area contributed by atoms with Crippen LogP contribution in [0.25, 0.3) is 0 Å². The van der Waals surface area contributed by atoms with Crippen LogP contribution in [0.15, 0.2) is 60.2 Å². The minimum Gasteiger partial charge on any atom is -0.508 e. The van der Waals surface area contributed by atoms with Gasteiger partial charge in [0.05, 0.1) is 17.5 Å². The van der Waals surface area contributed by atoms with Crippen LogP contribution in [0.4, 0.5) is 33.3 Å². The molecule has 1 saturated carbocycles. The monoisotopic (exact) mass is 720 g/mol. The van der Waals surface area contributed by atoms with Gasteiger partial charge in [-0.05, 0) is 54.1 Å². The van der Waals surface area contributed by atoms with Gasteiger partial charge in [0.2, 0.25) is 17.6 Å². The topological polar surface area (TPSA) is 135 Å². The quantitative estimate of drug-likeness (QED) is 0.0714. The lowest BCUT2D eigenvalue weighted by Crippen LogP contribution is -2.60. The fourth-order valence-electron chi connectivity index (χ4n) is 7.69. The fourth-order valence-corrected chi connectivity index (χ4v) is 8.62. The van der Waals surface area contributed by atoms with E-state index in [2.05, 4.69) is 0 Å². The Morgan fingerprint density at radius 2 is 1.39 bits per heavy atom. The number of rotatable bonds is 4. The number of benzene rings is 3. The molecule has 2 saturated heterocycles. The van der Waals surface area contributed by atoms with E-state index in [1.807, 2.05) is 0 Å². The number of carbonyl (C=O) groups is 4. The molecule has 17 heteroatoms. The molecular weight excluding hydrogens is 701 g/mol. The molecule has 0 bridgehead atoms. The number of halogens is 7. The molecule has 3 aromatic rings. The number of allylic oxidation sites excluding steroid dienone is 2. The van der Waals surface area contributed by atoms with Crippen LogP contribution in [-0.2, 0) is 19.2 Å². The molecule has 252 valence electrons. The second-order valence-corrected chi connectivity index (χ2v) is 13.5. The number of anilines is 2. The largest absolute Gasteiger partial charge is 0.508 e. The van der Waals surface area contributed by atoms with E-state index in [-0.39, 0.29) is 39.4 Å². The third-order valence-corrected chi connectivity index (χ3v) is 11.3. The number of hydrogen-bond donors (Lipinski definition) is 3. The molecular formula is C32H20BCl2F5N2O7. The minimum absolute atomic E-state index is 0.0133. The summed E-state index contributed by atoms with van der Waals surface area (Å²) in [7, 11) is -1.92. The van der Waals surface area contributed by atoms with Crippen LogP contribution in [0.2, 0.25) is 0 Å². The number of fused-ring (bicyclic) bond motifs is 4. The Morgan fingerprint density at radius 3 is 2.00 bits per heavy atom. The number of amides is 4. The molecule has 3 N–H and O–H groups in total. The van der Waals surface area contributed by atoms with Gasteiger partial charge in [0, 0.05) is 5.92 Å². The molecule has 0 spiro atoms. The van der Waals surface area contributed by atoms with E-state index < -0.39 is 105 Å². The van der Waals surface area contributed by atoms with Crippen molar-refractivity contribution in [3.05, 3.63) is 94.8 Å². The van der Waals surface area contributed by atoms with Crippen molar-refractivity contribution in [2.45, 2.75) is 28.5 Å². The molecule has 2 heterocycles. The summed E-state index contributed by atoms with van der Waals surface area (Å²) in [6, 6.07) is 10.4. The van der Waals surface area contributed by atoms with E-state index in [0.717, 1.165) is 4.90 Å². The van der Waals surface area contributed by atoms with Crippen molar-refractivity contribution in [3.8, 4) is 5.75 Å². The molecule has 0 aromatic heterocycles. The molecule has 49 heavy (non-hydrogen) atoms. The van der Waals surface area contributed by atoms with Crippen LogP contribution in [0.3, 0.4) is 0 Å². The number of imide groups is 2. The van der Waals surface area contributed by atoms with Crippen molar-refractivity contribution < 1.29 is 56.3 Å². The van der Waals surface area contributed by atoms with Crippen LogP contribution in [0.5, 0.6) is 5.75 Å². The van der Waals surface area contributed by atoms with Crippen LogP contribution in [0.1, 0.15) is 24.3 Å². The molecule has 4 aliphatic rings. The Labute approximate surface area is 283 Å². The molecule has 7 rings (SSSR count). The summed E-state index contributed by atoms with van der Waals surface area (Å²) in [6.45, 7) is 0. The average Bonchev–Trinajstić information content (AvgIpc) is 3.41. The van der Waals surface area contributed by atoms with E-state index >= 15 is 8.78 Å². The number of aromatic hydroxyl groups is 1. The van der Waals surface area contributed by atoms with Gasteiger partial charge in [0.15, 0.2) is 33.0 Å². The normalized spacial score (nSPS) is 29.2. The highest BCUT2D eigenvalue weighted by molar-refractivity contribution is 6.59. The lowest BCUT2D eigenvalue weighted by atomic mass is 9.56. The highest BCUT2D eigenvalue weighted by Gasteiger charge is 2.77. The standard InChI is InChI=1S/C32H20BCl2F5N2O7/c34-31-11-18-16(8-9-17-19(18)28(45)41(27(17)44)14-3-1-2-13(10-14)33(48)49)20(12-4-6-15(43)7-5-12)32(31,35)30(47)42(29(31)46)26-24(39)22(37)21(36)23(38)25(26)40/h1-8,10,17-20,43,48-49H,9,11H2. The van der Waals surface area contributed by atoms with Crippen molar-refractivity contribution in [1.29, 1.82) is 0 Å². The Kier molecular flexibility index (Phi) is 7.52. The maximum atomic E-state index is 15.1. The van der Waals surface area contributed by atoms with E-state index in [0.29, 0.717) is 0 Å². The van der Waals surface area contributed by atoms with Gasteiger partial charge in [-0.3, -0.25) is 24.1 Å². The van der Waals surface area contributed by atoms with Gasteiger partial charge in [0.25, 0.3) is 11.8 Å². The van der Waals surface area contributed by atoms with E-state index in [9.17, 15) is 47.5 Å². The Hall–Kier alpha value is -4.31. The summed E-state index contributed by atoms with van der Waals surface area (Å²) < 4.78 is 72.9. The average molecular weight is 721 g/mol. The Morgan fingerprint density at radius 1 is 0.776 bits per heavy atom. The molecule has 2 aliphatic carbocycles. The van der Waals surface area contributed by atoms with Crippen LogP contribution in [-0.4, -0.2) is 55.7 Å². The van der Waals surface area contributed by atoms with Gasteiger partial charge in [-0.25, -0.2) is 26.9 Å². The fraction of sp³-hybridized carbons (Fsp3) is 0.250. The second-order valence-electron chi connectivity index (χ2n) is 12.3. The third-order valence-electron chi connectivity index (χ3n) is 9.87. The van der Waals surface area contributed by atoms with Crippen molar-refractivity contribution in [1.82, 2.24) is 0 Å². The molecule has 4 amide bonds. The first-order chi connectivity index (χ1) is 23.1. The van der Waals surface area contributed by atoms with Gasteiger partial charge >= 0.3 is 7.12 Å². The summed E-state index contributed by atoms with van der Waals surface area (Å²) in [5, 5.41) is 29.3. The van der Waals surface area contributed by atoms with E-state index in [4.69, 9.17) is 23.2 Å². The second kappa shape index (κ2) is 11.1. The maximum absolute atomic E-state index is 15.1. The van der Waals surface area contributed by atoms with Crippen molar-refractivity contribution in [2.24, 2.45) is 17.8 Å². The maximum Gasteiger partial charge on any atom is 0.488 e. The third kappa shape index (κ3) is 4.31. The number of carbonyl (C=O) groups excluding carboxylic acids is 4. The molecule has 3 fully saturated rings. The van der Waals surface area contributed by atoms with Gasteiger partial charge < -0.3 is 15.2 Å². The number of phenolic OH excluding ortho intramolecular Hbond substituents is 1. The first-order valence-electron chi connectivity index (χ1n) is 14.7. The summed E-state index contributed by atoms with van der Waals surface area (Å²) in [5.74, 6) is -22.2. The van der Waals surface area contributed by atoms with E-state index in [1.165, 1.54) is 54.6 Å². The molecule has 0 radical (unpaired) electrons. The first-order valence-corrected chi connectivity index (χ1v) is 15.4. The Bertz CT molecular complexity index is 2020. The highest BCUT2D eigenvalue weighted by atomic mass is 35.5. The van der Waals surface area contributed by atoms with Crippen molar-refractivity contribution in [3.63, 3.8) is 0 Å². The number of hydrogen-bond acceptors (Lipinski definition) is 7. The minimum atomic E-state index is -2.69. The van der Waals surface area contributed by atoms with E-state index in [1.54, 1.807) is 0 Å². The molecule has 6 unspecified atom stereocenters. The highest BCUT2D eigenvalue weighted by Crippen LogP contribution is 2.66. The lowest BCUT2D eigenvalue weighted by Gasteiger charge is -2.50. The zero-order valence-electron chi connectivity index (χ0n) is 24.5. The smallest absolute Gasteiger partial charge is 0.488 e. The molecule has 6 atom stereocenters. The zero-order valence-corrected chi connectivity index (χ0v) is 26.0. The van der Waals surface area contributed by atoms with Gasteiger partial charge in [-0.1, -0.05) is 35.9 Å². The number of alkyl halides is 2. The van der Waals surface area contributed by atoms with Crippen LogP contribution >= 0.6 is 23.2 Å². The predicted molar refractivity (Wildman–Crippen MR) is 163 cm³/mol. The first kappa shape index (κ1) is 33.2. The summed E-state index contributed by atoms with van der Waals surface area (Å²) >= 11 is 14.1. The summed E-state index contributed by atoms with van der Waals surface area (Å²) in [6.07, 6.45) is 0.768. The molecule has 2 aliphatic heterocycles. The number of nitrogens with zero attached hydrogens (tertiary/aromatic N) is 2. The van der Waals surface area contributed by atoms with Gasteiger partial charge in [0.1, 0.15) is 11.4 Å². The van der Waals surface area contributed by atoms with Crippen molar-refractivity contribution in [2.75, 3.05) is 9.80 Å². The van der Waals surface area contributed by atoms with Crippen LogP contribution < -0.4 is 15.3 Å². The summed E-state index contributed by atoms with van der Waals surface area (Å²) in [5.41, 5.74) is -1.53. The Balaban J connectivity index is 1.40.